The van der Waals surface area contributed by atoms with Crippen molar-refractivity contribution in [2.24, 2.45) is 0 Å². The summed E-state index contributed by atoms with van der Waals surface area (Å²) in [6.45, 7) is 2.70. The number of hydrogen-bond donors (Lipinski definition) is 3. The number of aromatic amines is 1. The third-order valence-electron chi connectivity index (χ3n) is 6.82. The minimum absolute atomic E-state index is 0.138. The third-order valence-corrected chi connectivity index (χ3v) is 6.82. The van der Waals surface area contributed by atoms with Crippen molar-refractivity contribution in [2.75, 3.05) is 29.2 Å². The number of H-pyrrole nitrogens is 1. The molecule has 12 heteroatoms. The van der Waals surface area contributed by atoms with Gasteiger partial charge in [-0.1, -0.05) is 6.92 Å². The van der Waals surface area contributed by atoms with E-state index in [2.05, 4.69) is 42.8 Å². The number of carbonyl (C=O) groups excluding carboxylic acids is 1. The average molecular weight is 475 g/mol. The molecule has 0 aromatic carbocycles. The Morgan fingerprint density at radius 3 is 2.94 bits per heavy atom. The summed E-state index contributed by atoms with van der Waals surface area (Å²) in [4.78, 5) is 28.0. The van der Waals surface area contributed by atoms with E-state index in [1.54, 1.807) is 17.8 Å². The highest BCUT2D eigenvalue weighted by molar-refractivity contribution is 5.96. The van der Waals surface area contributed by atoms with Crippen LogP contribution in [0.2, 0.25) is 0 Å². The van der Waals surface area contributed by atoms with Crippen LogP contribution in [0, 0.1) is 0 Å². The zero-order valence-electron chi connectivity index (χ0n) is 19.5. The molecular formula is C23H26N10O2. The van der Waals surface area contributed by atoms with Gasteiger partial charge in [0.15, 0.2) is 17.5 Å². The smallest absolute Gasteiger partial charge is 0.248 e. The number of fused-ring (bicyclic) bond motifs is 1. The lowest BCUT2D eigenvalue weighted by Crippen LogP contribution is -2.41. The minimum atomic E-state index is -0.533. The molecule has 4 aromatic heterocycles. The summed E-state index contributed by atoms with van der Waals surface area (Å²) in [7, 11) is 1.64. The van der Waals surface area contributed by atoms with E-state index in [4.69, 9.17) is 9.72 Å². The van der Waals surface area contributed by atoms with E-state index in [0.717, 1.165) is 24.1 Å². The lowest BCUT2D eigenvalue weighted by molar-refractivity contribution is -0.117. The number of anilines is 4. The van der Waals surface area contributed by atoms with Crippen LogP contribution in [0.15, 0.2) is 43.0 Å². The van der Waals surface area contributed by atoms with Crippen LogP contribution >= 0.6 is 0 Å². The third kappa shape index (κ3) is 4.05. The number of aromatic nitrogens is 7. The molecule has 0 radical (unpaired) electrons. The fourth-order valence-corrected chi connectivity index (χ4v) is 4.42. The molecule has 1 amide bonds. The Morgan fingerprint density at radius 2 is 2.17 bits per heavy atom. The molecule has 3 N–H and O–H groups in total. The number of hydrogen-bond acceptors (Lipinski definition) is 9. The molecule has 12 nitrogen and oxygen atoms in total. The highest BCUT2D eigenvalue weighted by Gasteiger charge is 2.41. The Bertz CT molecular complexity index is 1360. The van der Waals surface area contributed by atoms with Gasteiger partial charge in [0.1, 0.15) is 11.6 Å². The molecule has 180 valence electrons. The zero-order chi connectivity index (χ0) is 24.0. The van der Waals surface area contributed by atoms with Crippen LogP contribution in [0.25, 0.3) is 5.52 Å². The van der Waals surface area contributed by atoms with Gasteiger partial charge in [0.05, 0.1) is 12.3 Å². The van der Waals surface area contributed by atoms with Crippen LogP contribution in [-0.2, 0) is 14.9 Å². The van der Waals surface area contributed by atoms with Crippen molar-refractivity contribution in [3.63, 3.8) is 0 Å². The molecule has 0 unspecified atom stereocenters. The van der Waals surface area contributed by atoms with E-state index in [1.165, 1.54) is 12.4 Å². The summed E-state index contributed by atoms with van der Waals surface area (Å²) in [5.74, 6) is 1.88. The van der Waals surface area contributed by atoms with Crippen LogP contribution in [0.3, 0.4) is 0 Å². The van der Waals surface area contributed by atoms with Crippen LogP contribution in [0.5, 0.6) is 0 Å². The number of carbonyl (C=O) groups is 1. The fraction of sp³-hybridized carbons (Fsp3) is 0.391. The Labute approximate surface area is 201 Å². The molecule has 1 saturated carbocycles. The van der Waals surface area contributed by atoms with Gasteiger partial charge in [0, 0.05) is 55.8 Å². The van der Waals surface area contributed by atoms with Gasteiger partial charge in [-0.3, -0.25) is 14.9 Å². The minimum Gasteiger partial charge on any atom is -0.380 e. The monoisotopic (exact) mass is 474 g/mol. The summed E-state index contributed by atoms with van der Waals surface area (Å²) in [6.07, 6.45) is 9.12. The van der Waals surface area contributed by atoms with Crippen molar-refractivity contribution in [1.82, 2.24) is 34.8 Å². The van der Waals surface area contributed by atoms with Gasteiger partial charge < -0.3 is 20.3 Å². The van der Waals surface area contributed by atoms with Crippen molar-refractivity contribution >= 4 is 34.8 Å². The van der Waals surface area contributed by atoms with Gasteiger partial charge in [0.25, 0.3) is 0 Å². The summed E-state index contributed by atoms with van der Waals surface area (Å²) in [6, 6.07) is 5.33. The Kier molecular flexibility index (Phi) is 5.10. The molecule has 0 bridgehead atoms. The van der Waals surface area contributed by atoms with Crippen LogP contribution in [-0.4, -0.2) is 66.5 Å². The topological polar surface area (TPSA) is 138 Å². The maximum atomic E-state index is 13.2. The van der Waals surface area contributed by atoms with Crippen molar-refractivity contribution in [3.8, 4) is 0 Å². The predicted molar refractivity (Wildman–Crippen MR) is 129 cm³/mol. The van der Waals surface area contributed by atoms with E-state index >= 15 is 0 Å². The Hall–Kier alpha value is -4.06. The maximum absolute atomic E-state index is 13.2. The largest absolute Gasteiger partial charge is 0.380 e. The van der Waals surface area contributed by atoms with Crippen molar-refractivity contribution in [3.05, 3.63) is 48.7 Å². The molecular weight excluding hydrogens is 448 g/mol. The summed E-state index contributed by atoms with van der Waals surface area (Å²) >= 11 is 0. The SMILES string of the molecule is CO[C@H]1C[C@@H](C(=O)Nc2cnccn2)N(c2nc(Nc3cc(C4(C)CC4)[nH]n3)c3cccn3n2)C1. The molecule has 1 aliphatic carbocycles. The van der Waals surface area contributed by atoms with E-state index < -0.39 is 6.04 Å². The summed E-state index contributed by atoms with van der Waals surface area (Å²) < 4.78 is 7.34. The van der Waals surface area contributed by atoms with E-state index in [0.29, 0.717) is 36.4 Å². The second-order valence-corrected chi connectivity index (χ2v) is 9.29. The maximum Gasteiger partial charge on any atom is 0.248 e. The van der Waals surface area contributed by atoms with E-state index in [9.17, 15) is 4.79 Å². The molecule has 2 fully saturated rings. The molecule has 2 aliphatic rings. The first-order valence-electron chi connectivity index (χ1n) is 11.6. The molecule has 1 saturated heterocycles. The zero-order valence-corrected chi connectivity index (χ0v) is 19.5. The van der Waals surface area contributed by atoms with Crippen molar-refractivity contribution < 1.29 is 9.53 Å². The summed E-state index contributed by atoms with van der Waals surface area (Å²) in [5.41, 5.74) is 2.10. The van der Waals surface area contributed by atoms with Crippen molar-refractivity contribution in [2.45, 2.75) is 43.7 Å². The molecule has 2 atom stereocenters. The number of ether oxygens (including phenoxy) is 1. The standard InChI is InChI=1S/C23H26N10O2/c1-23(5-6-23)17-11-18(30-29-17)26-20-15-4-3-9-33(15)31-22(28-20)32-13-14(35-2)10-16(32)21(34)27-19-12-24-7-8-25-19/h3-4,7-9,11-12,14,16H,5-6,10,13H2,1-2H3,(H,25,27,34)(H2,26,28,29,30,31)/t14-,16-/m0/s1. The molecule has 6 rings (SSSR count). The second kappa shape index (κ2) is 8.31. The molecule has 4 aromatic rings. The quantitative estimate of drug-likeness (QED) is 0.368. The van der Waals surface area contributed by atoms with E-state index in [1.807, 2.05) is 29.3 Å². The molecule has 35 heavy (non-hydrogen) atoms. The lowest BCUT2D eigenvalue weighted by Gasteiger charge is -2.24. The van der Waals surface area contributed by atoms with E-state index in [-0.39, 0.29) is 17.4 Å². The first kappa shape index (κ1) is 21.5. The first-order chi connectivity index (χ1) is 17.0. The van der Waals surface area contributed by atoms with Gasteiger partial charge in [-0.05, 0) is 25.0 Å². The van der Waals surface area contributed by atoms with Gasteiger partial charge in [0.2, 0.25) is 11.9 Å². The van der Waals surface area contributed by atoms with Gasteiger partial charge in [-0.15, -0.1) is 5.10 Å². The Morgan fingerprint density at radius 1 is 1.29 bits per heavy atom. The number of nitrogens with zero attached hydrogens (tertiary/aromatic N) is 7. The number of nitrogens with one attached hydrogen (secondary N) is 3. The average Bonchev–Trinajstić information content (AvgIpc) is 3.28. The second-order valence-electron chi connectivity index (χ2n) is 9.29. The number of methoxy groups -OCH3 is 1. The van der Waals surface area contributed by atoms with Crippen LogP contribution in [0.4, 0.5) is 23.4 Å². The molecule has 1 aliphatic heterocycles. The van der Waals surface area contributed by atoms with Gasteiger partial charge >= 0.3 is 0 Å². The van der Waals surface area contributed by atoms with Gasteiger partial charge in [-0.25, -0.2) is 9.50 Å². The highest BCUT2D eigenvalue weighted by atomic mass is 16.5. The fourth-order valence-electron chi connectivity index (χ4n) is 4.42. The number of rotatable bonds is 7. The predicted octanol–water partition coefficient (Wildman–Crippen LogP) is 2.27. The van der Waals surface area contributed by atoms with Crippen LogP contribution < -0.4 is 15.5 Å². The molecule has 5 heterocycles. The molecule has 0 spiro atoms. The number of amides is 1. The first-order valence-corrected chi connectivity index (χ1v) is 11.6. The van der Waals surface area contributed by atoms with Crippen LogP contribution in [0.1, 0.15) is 31.9 Å². The van der Waals surface area contributed by atoms with Crippen molar-refractivity contribution in [1.29, 1.82) is 0 Å². The lowest BCUT2D eigenvalue weighted by atomic mass is 10.1. The summed E-state index contributed by atoms with van der Waals surface area (Å²) in [5, 5.41) is 18.4. The van der Waals surface area contributed by atoms with Gasteiger partial charge in [-0.2, -0.15) is 10.1 Å². The highest BCUT2D eigenvalue weighted by Crippen LogP contribution is 2.47. The normalized spacial score (nSPS) is 20.8. The Balaban J connectivity index is 1.31.